The molecule has 1 aliphatic rings. The van der Waals surface area contributed by atoms with Crippen LogP contribution in [-0.4, -0.2) is 41.2 Å². The highest BCUT2D eigenvalue weighted by atomic mass is 16.5. The van der Waals surface area contributed by atoms with Crippen molar-refractivity contribution in [1.82, 2.24) is 15.1 Å². The van der Waals surface area contributed by atoms with Crippen LogP contribution in [0.5, 0.6) is 5.75 Å². The van der Waals surface area contributed by atoms with Crippen LogP contribution in [0.3, 0.4) is 0 Å². The normalized spacial score (nSPS) is 17.6. The number of carbonyl (C=O) groups excluding carboxylic acids is 1. The predicted octanol–water partition coefficient (Wildman–Crippen LogP) is 2.46. The van der Waals surface area contributed by atoms with E-state index in [0.717, 1.165) is 24.2 Å². The van der Waals surface area contributed by atoms with Crippen LogP contribution in [0.4, 0.5) is 0 Å². The van der Waals surface area contributed by atoms with Crippen molar-refractivity contribution in [2.75, 3.05) is 20.2 Å². The lowest BCUT2D eigenvalue weighted by molar-refractivity contribution is 0.0693. The molecule has 1 amide bonds. The number of methoxy groups -OCH3 is 1. The van der Waals surface area contributed by atoms with Crippen LogP contribution in [0, 0.1) is 17.2 Å². The molecule has 0 spiro atoms. The van der Waals surface area contributed by atoms with E-state index >= 15 is 0 Å². The molecule has 1 N–H and O–H groups in total. The van der Waals surface area contributed by atoms with E-state index in [2.05, 4.69) is 16.3 Å². The van der Waals surface area contributed by atoms with Gasteiger partial charge in [0.15, 0.2) is 0 Å². The predicted molar refractivity (Wildman–Crippen MR) is 84.8 cm³/mol. The van der Waals surface area contributed by atoms with Crippen molar-refractivity contribution in [1.29, 1.82) is 5.26 Å². The molecular weight excluding hydrogens is 292 g/mol. The molecule has 1 aliphatic heterocycles. The number of nitriles is 1. The van der Waals surface area contributed by atoms with Crippen molar-refractivity contribution in [3.8, 4) is 23.1 Å². The number of ether oxygens (including phenoxy) is 1. The van der Waals surface area contributed by atoms with Crippen LogP contribution < -0.4 is 4.74 Å². The Morgan fingerprint density at radius 2 is 2.22 bits per heavy atom. The third-order valence-electron chi connectivity index (χ3n) is 4.09. The second-order valence-corrected chi connectivity index (χ2v) is 5.61. The molecule has 1 atom stereocenters. The number of piperidine rings is 1. The van der Waals surface area contributed by atoms with E-state index in [4.69, 9.17) is 10.00 Å². The second-order valence-electron chi connectivity index (χ2n) is 5.61. The molecule has 0 unspecified atom stereocenters. The topological polar surface area (TPSA) is 82.0 Å². The van der Waals surface area contributed by atoms with E-state index in [-0.39, 0.29) is 11.8 Å². The van der Waals surface area contributed by atoms with Crippen LogP contribution in [0.25, 0.3) is 11.3 Å². The standard InChI is InChI=1S/C17H18N4O2/c1-23-14-6-4-13(5-7-14)15-9-16(20-19-15)17(22)21-8-2-3-12(10-18)11-21/h4-7,9,12H,2-3,8,11H2,1H3,(H,19,20)/t12-/m0/s1. The Kier molecular flexibility index (Phi) is 4.29. The minimum absolute atomic E-state index is 0.0725. The average molecular weight is 310 g/mol. The summed E-state index contributed by atoms with van der Waals surface area (Å²) in [6.45, 7) is 1.18. The molecule has 1 aromatic carbocycles. The highest BCUT2D eigenvalue weighted by molar-refractivity contribution is 5.93. The lowest BCUT2D eigenvalue weighted by atomic mass is 9.99. The third kappa shape index (κ3) is 3.19. The Hall–Kier alpha value is -2.81. The minimum Gasteiger partial charge on any atom is -0.497 e. The van der Waals surface area contributed by atoms with E-state index in [9.17, 15) is 4.79 Å². The summed E-state index contributed by atoms with van der Waals surface area (Å²) in [5, 5.41) is 16.1. The van der Waals surface area contributed by atoms with Gasteiger partial charge in [0.2, 0.25) is 0 Å². The highest BCUT2D eigenvalue weighted by Crippen LogP contribution is 2.22. The smallest absolute Gasteiger partial charge is 0.271 e. The molecule has 0 saturated carbocycles. The van der Waals surface area contributed by atoms with Gasteiger partial charge in [0.25, 0.3) is 5.91 Å². The van der Waals surface area contributed by atoms with Crippen molar-refractivity contribution < 1.29 is 9.53 Å². The molecule has 1 saturated heterocycles. The van der Waals surface area contributed by atoms with Crippen molar-refractivity contribution >= 4 is 5.91 Å². The first-order valence-electron chi connectivity index (χ1n) is 7.60. The molecule has 1 aromatic heterocycles. The Morgan fingerprint density at radius 1 is 1.43 bits per heavy atom. The van der Waals surface area contributed by atoms with E-state index in [1.807, 2.05) is 24.3 Å². The molecule has 1 fully saturated rings. The van der Waals surface area contributed by atoms with Gasteiger partial charge in [-0.2, -0.15) is 10.4 Å². The van der Waals surface area contributed by atoms with Crippen LogP contribution in [-0.2, 0) is 0 Å². The molecule has 2 aromatic rings. The average Bonchev–Trinajstić information content (AvgIpc) is 3.11. The maximum atomic E-state index is 12.5. The van der Waals surface area contributed by atoms with Crippen LogP contribution in [0.15, 0.2) is 30.3 Å². The number of rotatable bonds is 3. The second kappa shape index (κ2) is 6.53. The fraction of sp³-hybridized carbons (Fsp3) is 0.353. The summed E-state index contributed by atoms with van der Waals surface area (Å²) in [4.78, 5) is 14.3. The van der Waals surface area contributed by atoms with E-state index in [1.165, 1.54) is 0 Å². The Morgan fingerprint density at radius 3 is 2.91 bits per heavy atom. The Bertz CT molecular complexity index is 730. The maximum absolute atomic E-state index is 12.5. The van der Waals surface area contributed by atoms with Gasteiger partial charge in [-0.3, -0.25) is 9.89 Å². The molecule has 0 bridgehead atoms. The first-order chi connectivity index (χ1) is 11.2. The van der Waals surface area contributed by atoms with Crippen molar-refractivity contribution in [2.45, 2.75) is 12.8 Å². The number of H-pyrrole nitrogens is 1. The van der Waals surface area contributed by atoms with Gasteiger partial charge in [-0.1, -0.05) is 0 Å². The highest BCUT2D eigenvalue weighted by Gasteiger charge is 2.25. The van der Waals surface area contributed by atoms with Gasteiger partial charge in [0, 0.05) is 18.7 Å². The molecule has 3 rings (SSSR count). The van der Waals surface area contributed by atoms with Crippen LogP contribution in [0.1, 0.15) is 23.3 Å². The number of nitrogens with one attached hydrogen (secondary N) is 1. The molecule has 6 nitrogen and oxygen atoms in total. The van der Waals surface area contributed by atoms with Crippen molar-refractivity contribution in [3.63, 3.8) is 0 Å². The molecular formula is C17H18N4O2. The molecule has 6 heteroatoms. The fourth-order valence-corrected chi connectivity index (χ4v) is 2.78. The Labute approximate surface area is 134 Å². The lowest BCUT2D eigenvalue weighted by Gasteiger charge is -2.29. The van der Waals surface area contributed by atoms with Gasteiger partial charge in [-0.05, 0) is 43.2 Å². The summed E-state index contributed by atoms with van der Waals surface area (Å²) in [6, 6.07) is 11.5. The number of likely N-dealkylation sites (tertiary alicyclic amines) is 1. The zero-order chi connectivity index (χ0) is 16.2. The number of hydrogen-bond donors (Lipinski definition) is 1. The van der Waals surface area contributed by atoms with E-state index in [1.54, 1.807) is 18.1 Å². The molecule has 2 heterocycles. The van der Waals surface area contributed by atoms with E-state index in [0.29, 0.717) is 24.5 Å². The van der Waals surface area contributed by atoms with Crippen LogP contribution >= 0.6 is 0 Å². The SMILES string of the molecule is COc1ccc(-c2cc(C(=O)N3CCC[C@@H](C#N)C3)[nH]n2)cc1. The van der Waals surface area contributed by atoms with Gasteiger partial charge in [-0.25, -0.2) is 0 Å². The maximum Gasteiger partial charge on any atom is 0.271 e. The fourth-order valence-electron chi connectivity index (χ4n) is 2.78. The van der Waals surface area contributed by atoms with Gasteiger partial charge in [0.1, 0.15) is 11.4 Å². The first-order valence-corrected chi connectivity index (χ1v) is 7.60. The molecule has 23 heavy (non-hydrogen) atoms. The minimum atomic E-state index is -0.0998. The molecule has 118 valence electrons. The summed E-state index contributed by atoms with van der Waals surface area (Å²) < 4.78 is 5.13. The lowest BCUT2D eigenvalue weighted by Crippen LogP contribution is -2.39. The number of hydrogen-bond acceptors (Lipinski definition) is 4. The number of amides is 1. The quantitative estimate of drug-likeness (QED) is 0.944. The monoisotopic (exact) mass is 310 g/mol. The number of nitrogens with zero attached hydrogens (tertiary/aromatic N) is 3. The van der Waals surface area contributed by atoms with Gasteiger partial charge in [-0.15, -0.1) is 0 Å². The summed E-state index contributed by atoms with van der Waals surface area (Å²) in [6.07, 6.45) is 1.73. The van der Waals surface area contributed by atoms with Gasteiger partial charge >= 0.3 is 0 Å². The van der Waals surface area contributed by atoms with Crippen LogP contribution in [0.2, 0.25) is 0 Å². The number of aromatic nitrogens is 2. The number of benzene rings is 1. The van der Waals surface area contributed by atoms with Crippen molar-refractivity contribution in [3.05, 3.63) is 36.0 Å². The zero-order valence-corrected chi connectivity index (χ0v) is 13.0. The summed E-state index contributed by atoms with van der Waals surface area (Å²) in [7, 11) is 1.62. The first kappa shape index (κ1) is 15.1. The summed E-state index contributed by atoms with van der Waals surface area (Å²) >= 11 is 0. The van der Waals surface area contributed by atoms with Gasteiger partial charge < -0.3 is 9.64 Å². The largest absolute Gasteiger partial charge is 0.497 e. The Balaban J connectivity index is 1.75. The number of aromatic amines is 1. The van der Waals surface area contributed by atoms with E-state index < -0.39 is 0 Å². The summed E-state index contributed by atoms with van der Waals surface area (Å²) in [5.41, 5.74) is 2.08. The van der Waals surface area contributed by atoms with Crippen molar-refractivity contribution in [2.24, 2.45) is 5.92 Å². The summed E-state index contributed by atoms with van der Waals surface area (Å²) in [5.74, 6) is 0.602. The molecule has 0 radical (unpaired) electrons. The third-order valence-corrected chi connectivity index (χ3v) is 4.09. The number of carbonyl (C=O) groups is 1. The molecule has 0 aliphatic carbocycles. The van der Waals surface area contributed by atoms with Gasteiger partial charge in [0.05, 0.1) is 24.8 Å². The zero-order valence-electron chi connectivity index (χ0n) is 13.0.